The number of halogens is 1. The lowest BCUT2D eigenvalue weighted by Crippen LogP contribution is -2.51. The van der Waals surface area contributed by atoms with Crippen molar-refractivity contribution in [2.45, 2.75) is 57.2 Å². The smallest absolute Gasteiger partial charge is 0.237 e. The van der Waals surface area contributed by atoms with Crippen LogP contribution in [0.15, 0.2) is 28.7 Å². The maximum Gasteiger partial charge on any atom is 0.237 e. The number of carbonyl (C=O) groups excluding carboxylic acids is 1. The summed E-state index contributed by atoms with van der Waals surface area (Å²) in [5.74, 6) is 0.415. The van der Waals surface area contributed by atoms with Crippen LogP contribution < -0.4 is 0 Å². The van der Waals surface area contributed by atoms with Crippen molar-refractivity contribution in [1.82, 2.24) is 9.80 Å². The minimum atomic E-state index is -3.01. The third kappa shape index (κ3) is 5.78. The molecule has 5 nitrogen and oxygen atoms in total. The number of benzene rings is 1. The van der Waals surface area contributed by atoms with E-state index in [1.165, 1.54) is 6.42 Å². The number of hydrogen-bond donors (Lipinski definition) is 0. The molecule has 1 unspecified atom stereocenters. The Kier molecular flexibility index (Phi) is 6.98. The highest BCUT2D eigenvalue weighted by molar-refractivity contribution is 9.10. The highest BCUT2D eigenvalue weighted by Gasteiger charge is 2.38. The van der Waals surface area contributed by atoms with Crippen molar-refractivity contribution < 1.29 is 13.2 Å². The van der Waals surface area contributed by atoms with Gasteiger partial charge in [0.25, 0.3) is 0 Å². The van der Waals surface area contributed by atoms with Crippen LogP contribution in [0.5, 0.6) is 0 Å². The zero-order chi connectivity index (χ0) is 19.4. The monoisotopic (exact) mass is 456 g/mol. The third-order valence-electron chi connectivity index (χ3n) is 5.63. The molecule has 150 valence electrons. The molecule has 0 aromatic heterocycles. The van der Waals surface area contributed by atoms with Gasteiger partial charge >= 0.3 is 0 Å². The van der Waals surface area contributed by atoms with E-state index in [2.05, 4.69) is 15.9 Å². The Morgan fingerprint density at radius 3 is 2.33 bits per heavy atom. The van der Waals surface area contributed by atoms with E-state index in [1.54, 1.807) is 0 Å². The van der Waals surface area contributed by atoms with Crippen LogP contribution in [-0.2, 0) is 21.2 Å². The van der Waals surface area contributed by atoms with Gasteiger partial charge in [-0.3, -0.25) is 9.69 Å². The van der Waals surface area contributed by atoms with Gasteiger partial charge in [0.1, 0.15) is 0 Å². The van der Waals surface area contributed by atoms with Crippen LogP contribution in [0.2, 0.25) is 0 Å². The molecule has 1 amide bonds. The van der Waals surface area contributed by atoms with Crippen LogP contribution in [0.1, 0.15) is 44.1 Å². The number of amides is 1. The minimum Gasteiger partial charge on any atom is -0.335 e. The molecule has 2 fully saturated rings. The first-order valence-corrected chi connectivity index (χ1v) is 12.4. The maximum atomic E-state index is 13.2. The number of hydrogen-bond acceptors (Lipinski definition) is 4. The van der Waals surface area contributed by atoms with E-state index in [1.807, 2.05) is 41.1 Å². The normalized spacial score (nSPS) is 22.9. The van der Waals surface area contributed by atoms with Gasteiger partial charge in [0.05, 0.1) is 18.1 Å². The van der Waals surface area contributed by atoms with Gasteiger partial charge < -0.3 is 4.90 Å². The van der Waals surface area contributed by atoms with Gasteiger partial charge in [0.2, 0.25) is 5.91 Å². The summed E-state index contributed by atoms with van der Waals surface area (Å²) in [6.45, 7) is 1.02. The summed E-state index contributed by atoms with van der Waals surface area (Å²) in [6, 6.07) is 8.16. The second-order valence-electron chi connectivity index (χ2n) is 7.95. The lowest BCUT2D eigenvalue weighted by Gasteiger charge is -2.39. The first-order valence-electron chi connectivity index (χ1n) is 9.78. The highest BCUT2D eigenvalue weighted by atomic mass is 79.9. The summed E-state index contributed by atoms with van der Waals surface area (Å²) >= 11 is 3.44. The second-order valence-corrected chi connectivity index (χ2v) is 11.1. The van der Waals surface area contributed by atoms with Gasteiger partial charge in [0, 0.05) is 23.1 Å². The number of rotatable bonds is 6. The fourth-order valence-corrected chi connectivity index (χ4v) is 6.31. The summed E-state index contributed by atoms with van der Waals surface area (Å²) in [7, 11) is -1.06. The lowest BCUT2D eigenvalue weighted by molar-refractivity contribution is -0.137. The Bertz CT molecular complexity index is 745. The molecule has 0 bridgehead atoms. The van der Waals surface area contributed by atoms with Crippen molar-refractivity contribution >= 4 is 31.7 Å². The van der Waals surface area contributed by atoms with Crippen LogP contribution in [-0.4, -0.2) is 61.3 Å². The molecule has 1 aliphatic carbocycles. The van der Waals surface area contributed by atoms with Crippen molar-refractivity contribution in [3.63, 3.8) is 0 Å². The zero-order valence-corrected chi connectivity index (χ0v) is 18.3. The Labute approximate surface area is 171 Å². The highest BCUT2D eigenvalue weighted by Crippen LogP contribution is 2.28. The molecule has 1 aromatic rings. The van der Waals surface area contributed by atoms with Gasteiger partial charge in [-0.25, -0.2) is 8.42 Å². The predicted molar refractivity (Wildman–Crippen MR) is 111 cm³/mol. The number of likely N-dealkylation sites (N-methyl/N-ethyl adjacent to an activating group) is 1. The van der Waals surface area contributed by atoms with Gasteiger partial charge in [0.15, 0.2) is 9.84 Å². The van der Waals surface area contributed by atoms with Crippen LogP contribution in [0, 0.1) is 0 Å². The quantitative estimate of drug-likeness (QED) is 0.658. The van der Waals surface area contributed by atoms with Crippen molar-refractivity contribution in [3.8, 4) is 0 Å². The molecule has 27 heavy (non-hydrogen) atoms. The Hall–Kier alpha value is -0.920. The minimum absolute atomic E-state index is 0.0728. The zero-order valence-electron chi connectivity index (χ0n) is 15.9. The van der Waals surface area contributed by atoms with Crippen molar-refractivity contribution in [1.29, 1.82) is 0 Å². The number of carbonyl (C=O) groups is 1. The van der Waals surface area contributed by atoms with E-state index in [4.69, 9.17) is 0 Å². The van der Waals surface area contributed by atoms with Gasteiger partial charge in [-0.05, 0) is 44.0 Å². The molecule has 1 aliphatic heterocycles. The summed E-state index contributed by atoms with van der Waals surface area (Å²) in [6.07, 6.45) is 6.05. The van der Waals surface area contributed by atoms with Gasteiger partial charge in [-0.2, -0.15) is 0 Å². The summed E-state index contributed by atoms with van der Waals surface area (Å²) in [4.78, 5) is 17.1. The summed E-state index contributed by atoms with van der Waals surface area (Å²) < 4.78 is 25.0. The molecular formula is C20H29BrN2O3S. The van der Waals surface area contributed by atoms with Crippen molar-refractivity contribution in [2.24, 2.45) is 0 Å². The maximum absolute atomic E-state index is 13.2. The molecule has 1 saturated carbocycles. The molecule has 7 heteroatoms. The van der Waals surface area contributed by atoms with E-state index in [-0.39, 0.29) is 29.5 Å². The molecule has 0 radical (unpaired) electrons. The van der Waals surface area contributed by atoms with E-state index in [0.717, 1.165) is 35.7 Å². The second kappa shape index (κ2) is 9.05. The number of sulfone groups is 1. The largest absolute Gasteiger partial charge is 0.335 e. The van der Waals surface area contributed by atoms with Gasteiger partial charge in [-0.15, -0.1) is 0 Å². The fraction of sp³-hybridized carbons (Fsp3) is 0.650. The first-order chi connectivity index (χ1) is 12.8. The number of nitrogens with zero attached hydrogens (tertiary/aromatic N) is 2. The van der Waals surface area contributed by atoms with E-state index in [9.17, 15) is 13.2 Å². The molecule has 2 aliphatic rings. The molecule has 1 heterocycles. The van der Waals surface area contributed by atoms with Crippen molar-refractivity contribution in [3.05, 3.63) is 34.3 Å². The molecule has 1 atom stereocenters. The topological polar surface area (TPSA) is 57.7 Å². The SMILES string of the molecule is CN(CC(=O)N(C1CCCCC1)C1CCS(=O)(=O)C1)Cc1ccc(Br)cc1. The molecule has 3 rings (SSSR count). The molecular weight excluding hydrogens is 428 g/mol. The average Bonchev–Trinajstić information content (AvgIpc) is 2.97. The summed E-state index contributed by atoms with van der Waals surface area (Å²) in [5.41, 5.74) is 1.15. The summed E-state index contributed by atoms with van der Waals surface area (Å²) in [5, 5.41) is 0. The third-order valence-corrected chi connectivity index (χ3v) is 7.91. The van der Waals surface area contributed by atoms with Gasteiger partial charge in [-0.1, -0.05) is 47.3 Å². The van der Waals surface area contributed by atoms with Crippen LogP contribution >= 0.6 is 15.9 Å². The Morgan fingerprint density at radius 1 is 1.07 bits per heavy atom. The molecule has 1 aromatic carbocycles. The molecule has 0 N–H and O–H groups in total. The van der Waals surface area contributed by atoms with Crippen LogP contribution in [0.4, 0.5) is 0 Å². The van der Waals surface area contributed by atoms with Crippen molar-refractivity contribution in [2.75, 3.05) is 25.1 Å². The van der Waals surface area contributed by atoms with E-state index >= 15 is 0 Å². The molecule has 1 saturated heterocycles. The Balaban J connectivity index is 1.67. The van der Waals surface area contributed by atoms with Crippen LogP contribution in [0.3, 0.4) is 0 Å². The molecule has 0 spiro atoms. The fourth-order valence-electron chi connectivity index (χ4n) is 4.33. The van der Waals surface area contributed by atoms with E-state index < -0.39 is 9.84 Å². The predicted octanol–water partition coefficient (Wildman–Crippen LogP) is 3.23. The first kappa shape index (κ1) is 20.8. The average molecular weight is 457 g/mol. The Morgan fingerprint density at radius 2 is 1.74 bits per heavy atom. The lowest BCUT2D eigenvalue weighted by atomic mass is 9.93. The van der Waals surface area contributed by atoms with E-state index in [0.29, 0.717) is 19.5 Å². The standard InChI is InChI=1S/C20H29BrN2O3S/c1-22(13-16-7-9-17(21)10-8-16)14-20(24)23(18-5-3-2-4-6-18)19-11-12-27(25,26)15-19/h7-10,18-19H,2-6,11-15H2,1H3. The van der Waals surface area contributed by atoms with Crippen LogP contribution in [0.25, 0.3) is 0 Å².